The van der Waals surface area contributed by atoms with Crippen molar-refractivity contribution in [2.45, 2.75) is 52.1 Å². The van der Waals surface area contributed by atoms with Gasteiger partial charge in [-0.05, 0) is 25.0 Å². The molecular weight excluding hydrogens is 270 g/mol. The first kappa shape index (κ1) is 16.9. The quantitative estimate of drug-likeness (QED) is 0.642. The number of aromatic carboxylic acids is 1. The Morgan fingerprint density at radius 3 is 2.67 bits per heavy atom. The summed E-state index contributed by atoms with van der Waals surface area (Å²) < 4.78 is 0. The van der Waals surface area contributed by atoms with Gasteiger partial charge in [-0.2, -0.15) is 0 Å². The van der Waals surface area contributed by atoms with Gasteiger partial charge >= 0.3 is 12.0 Å². The number of hydrogen-bond donors (Lipinski definition) is 3. The number of carbonyl (C=O) groups excluding carboxylic acids is 1. The summed E-state index contributed by atoms with van der Waals surface area (Å²) in [5.74, 6) is -1.06. The first-order valence-electron chi connectivity index (χ1n) is 7.25. The summed E-state index contributed by atoms with van der Waals surface area (Å²) in [6.45, 7) is 4.45. The number of unbranched alkanes of at least 4 members (excludes halogenated alkanes) is 2. The predicted octanol–water partition coefficient (Wildman–Crippen LogP) is 2.55. The topological polar surface area (TPSA) is 91.3 Å². The van der Waals surface area contributed by atoms with Crippen molar-refractivity contribution in [1.82, 2.24) is 15.6 Å². The number of rotatable bonds is 8. The zero-order valence-corrected chi connectivity index (χ0v) is 12.6. The lowest BCUT2D eigenvalue weighted by molar-refractivity contribution is 0.0690. The molecular formula is C15H23N3O3. The Hall–Kier alpha value is -2.11. The van der Waals surface area contributed by atoms with E-state index < -0.39 is 5.97 Å². The summed E-state index contributed by atoms with van der Waals surface area (Å²) in [5.41, 5.74) is 0.751. The Morgan fingerprint density at radius 1 is 1.33 bits per heavy atom. The lowest BCUT2D eigenvalue weighted by Crippen LogP contribution is -2.40. The van der Waals surface area contributed by atoms with Crippen LogP contribution in [0.1, 0.15) is 55.6 Å². The molecule has 0 aliphatic heterocycles. The number of carboxylic acids is 1. The maximum absolute atomic E-state index is 11.7. The van der Waals surface area contributed by atoms with E-state index in [0.717, 1.165) is 24.8 Å². The summed E-state index contributed by atoms with van der Waals surface area (Å²) in [6.07, 6.45) is 5.87. The normalized spacial score (nSPS) is 11.7. The molecule has 116 valence electrons. The van der Waals surface area contributed by atoms with Gasteiger partial charge in [-0.1, -0.05) is 32.3 Å². The third-order valence-corrected chi connectivity index (χ3v) is 3.12. The number of nitrogens with zero attached hydrogens (tertiary/aromatic N) is 1. The highest BCUT2D eigenvalue weighted by molar-refractivity contribution is 5.85. The summed E-state index contributed by atoms with van der Waals surface area (Å²) in [4.78, 5) is 26.2. The Morgan fingerprint density at radius 2 is 2.10 bits per heavy atom. The van der Waals surface area contributed by atoms with E-state index in [4.69, 9.17) is 5.11 Å². The zero-order chi connectivity index (χ0) is 15.7. The molecule has 0 radical (unpaired) electrons. The molecule has 1 aromatic rings. The van der Waals surface area contributed by atoms with Crippen molar-refractivity contribution >= 4 is 12.0 Å². The maximum Gasteiger partial charge on any atom is 0.354 e. The molecule has 1 rings (SSSR count). The van der Waals surface area contributed by atoms with E-state index in [2.05, 4.69) is 22.5 Å². The van der Waals surface area contributed by atoms with E-state index in [1.807, 2.05) is 6.92 Å². The van der Waals surface area contributed by atoms with Crippen LogP contribution in [0.15, 0.2) is 18.3 Å². The van der Waals surface area contributed by atoms with Crippen molar-refractivity contribution in [1.29, 1.82) is 0 Å². The van der Waals surface area contributed by atoms with Gasteiger partial charge in [-0.3, -0.25) is 0 Å². The lowest BCUT2D eigenvalue weighted by atomic mass is 10.1. The first-order chi connectivity index (χ1) is 10.0. The largest absolute Gasteiger partial charge is 0.477 e. The van der Waals surface area contributed by atoms with Crippen molar-refractivity contribution in [2.75, 3.05) is 0 Å². The number of carbonyl (C=O) groups is 2. The van der Waals surface area contributed by atoms with Crippen LogP contribution in [0.25, 0.3) is 0 Å². The SMILES string of the molecule is CCCCCC(C)NC(=O)NCc1ccc(C(=O)O)nc1. The molecule has 0 saturated carbocycles. The molecule has 1 heterocycles. The van der Waals surface area contributed by atoms with Gasteiger partial charge in [0.2, 0.25) is 0 Å². The summed E-state index contributed by atoms with van der Waals surface area (Å²) >= 11 is 0. The van der Waals surface area contributed by atoms with Crippen molar-refractivity contribution in [3.63, 3.8) is 0 Å². The summed E-state index contributed by atoms with van der Waals surface area (Å²) in [5, 5.41) is 14.3. The number of nitrogens with one attached hydrogen (secondary N) is 2. The van der Waals surface area contributed by atoms with Crippen molar-refractivity contribution < 1.29 is 14.7 Å². The van der Waals surface area contributed by atoms with Crippen LogP contribution in [-0.2, 0) is 6.54 Å². The number of pyridine rings is 1. The second kappa shape index (κ2) is 8.94. The molecule has 0 aliphatic rings. The van der Waals surface area contributed by atoms with E-state index >= 15 is 0 Å². The standard InChI is InChI=1S/C15H23N3O3/c1-3-4-5-6-11(2)18-15(21)17-10-12-7-8-13(14(19)20)16-9-12/h7-9,11H,3-6,10H2,1-2H3,(H,19,20)(H2,17,18,21). The zero-order valence-electron chi connectivity index (χ0n) is 12.6. The molecule has 0 bridgehead atoms. The van der Waals surface area contributed by atoms with E-state index in [1.54, 1.807) is 6.07 Å². The fourth-order valence-electron chi connectivity index (χ4n) is 1.89. The number of carboxylic acid groups (broad SMARTS) is 1. The molecule has 0 aliphatic carbocycles. The van der Waals surface area contributed by atoms with Crippen LogP contribution in [0.2, 0.25) is 0 Å². The van der Waals surface area contributed by atoms with Crippen molar-refractivity contribution in [2.24, 2.45) is 0 Å². The van der Waals surface area contributed by atoms with Gasteiger partial charge in [0.05, 0.1) is 0 Å². The minimum atomic E-state index is -1.06. The van der Waals surface area contributed by atoms with E-state index in [0.29, 0.717) is 6.54 Å². The molecule has 3 N–H and O–H groups in total. The minimum absolute atomic E-state index is 0.00671. The first-order valence-corrected chi connectivity index (χ1v) is 7.25. The summed E-state index contributed by atoms with van der Waals surface area (Å²) in [7, 11) is 0. The highest BCUT2D eigenvalue weighted by Crippen LogP contribution is 2.03. The average molecular weight is 293 g/mol. The molecule has 2 amide bonds. The van der Waals surface area contributed by atoms with Crippen LogP contribution < -0.4 is 10.6 Å². The second-order valence-corrected chi connectivity index (χ2v) is 5.08. The van der Waals surface area contributed by atoms with Gasteiger partial charge in [0.25, 0.3) is 0 Å². The Labute approximate surface area is 125 Å². The Kier molecular flexibility index (Phi) is 7.21. The van der Waals surface area contributed by atoms with Gasteiger partial charge in [0.15, 0.2) is 0 Å². The molecule has 6 nitrogen and oxygen atoms in total. The number of urea groups is 1. The third-order valence-electron chi connectivity index (χ3n) is 3.12. The van der Waals surface area contributed by atoms with E-state index in [-0.39, 0.29) is 17.8 Å². The number of amides is 2. The number of aromatic nitrogens is 1. The molecule has 21 heavy (non-hydrogen) atoms. The molecule has 1 atom stereocenters. The number of hydrogen-bond acceptors (Lipinski definition) is 3. The Bertz CT molecular complexity index is 460. The molecule has 0 aromatic carbocycles. The van der Waals surface area contributed by atoms with Gasteiger partial charge < -0.3 is 15.7 Å². The predicted molar refractivity (Wildman–Crippen MR) is 80.2 cm³/mol. The van der Waals surface area contributed by atoms with Gasteiger partial charge in [-0.25, -0.2) is 14.6 Å². The highest BCUT2D eigenvalue weighted by atomic mass is 16.4. The van der Waals surface area contributed by atoms with Crippen LogP contribution >= 0.6 is 0 Å². The fraction of sp³-hybridized carbons (Fsp3) is 0.533. The molecule has 6 heteroatoms. The van der Waals surface area contributed by atoms with E-state index in [1.165, 1.54) is 18.7 Å². The van der Waals surface area contributed by atoms with Crippen LogP contribution in [0.3, 0.4) is 0 Å². The van der Waals surface area contributed by atoms with Gasteiger partial charge in [-0.15, -0.1) is 0 Å². The molecule has 0 fully saturated rings. The minimum Gasteiger partial charge on any atom is -0.477 e. The average Bonchev–Trinajstić information content (AvgIpc) is 2.46. The fourth-order valence-corrected chi connectivity index (χ4v) is 1.89. The van der Waals surface area contributed by atoms with Crippen molar-refractivity contribution in [3.05, 3.63) is 29.6 Å². The molecule has 0 spiro atoms. The monoisotopic (exact) mass is 293 g/mol. The van der Waals surface area contributed by atoms with Crippen LogP contribution in [0.5, 0.6) is 0 Å². The maximum atomic E-state index is 11.7. The van der Waals surface area contributed by atoms with Crippen molar-refractivity contribution in [3.8, 4) is 0 Å². The van der Waals surface area contributed by atoms with Gasteiger partial charge in [0, 0.05) is 18.8 Å². The lowest BCUT2D eigenvalue weighted by Gasteiger charge is -2.14. The van der Waals surface area contributed by atoms with Crippen LogP contribution in [0.4, 0.5) is 4.79 Å². The highest BCUT2D eigenvalue weighted by Gasteiger charge is 2.07. The van der Waals surface area contributed by atoms with Crippen LogP contribution in [0, 0.1) is 0 Å². The molecule has 1 unspecified atom stereocenters. The third kappa shape index (κ3) is 6.74. The summed E-state index contributed by atoms with van der Waals surface area (Å²) in [6, 6.07) is 2.98. The smallest absolute Gasteiger partial charge is 0.354 e. The van der Waals surface area contributed by atoms with E-state index in [9.17, 15) is 9.59 Å². The van der Waals surface area contributed by atoms with Gasteiger partial charge in [0.1, 0.15) is 5.69 Å². The van der Waals surface area contributed by atoms with Crippen LogP contribution in [-0.4, -0.2) is 28.1 Å². The molecule has 0 saturated heterocycles. The second-order valence-electron chi connectivity index (χ2n) is 5.08. The Balaban J connectivity index is 2.30. The molecule has 1 aromatic heterocycles.